The topological polar surface area (TPSA) is 43.8 Å². The van der Waals surface area contributed by atoms with Gasteiger partial charge in [0, 0.05) is 6.04 Å². The highest BCUT2D eigenvalue weighted by Crippen LogP contribution is 2.29. The van der Waals surface area contributed by atoms with Gasteiger partial charge in [-0.2, -0.15) is 5.10 Å². The highest BCUT2D eigenvalue weighted by Gasteiger charge is 2.20. The third kappa shape index (κ3) is 2.82. The maximum absolute atomic E-state index is 6.39. The van der Waals surface area contributed by atoms with E-state index in [1.165, 1.54) is 11.1 Å². The predicted octanol–water partition coefficient (Wildman–Crippen LogP) is 3.78. The summed E-state index contributed by atoms with van der Waals surface area (Å²) in [7, 11) is 0. The number of hydrogen-bond acceptors (Lipinski definition) is 2. The van der Waals surface area contributed by atoms with Crippen molar-refractivity contribution >= 4 is 11.6 Å². The SMILES string of the molecule is Cc1cc(C)cc(C(N)c2c(Cl)cnn2C(C)C)c1. The summed E-state index contributed by atoms with van der Waals surface area (Å²) in [6, 6.07) is 6.32. The molecule has 0 aliphatic carbocycles. The van der Waals surface area contributed by atoms with Crippen LogP contribution in [0.15, 0.2) is 24.4 Å². The number of halogens is 1. The lowest BCUT2D eigenvalue weighted by molar-refractivity contribution is 0.499. The van der Waals surface area contributed by atoms with Gasteiger partial charge in [0.1, 0.15) is 0 Å². The fourth-order valence-electron chi connectivity index (χ4n) is 2.40. The molecule has 1 atom stereocenters. The minimum absolute atomic E-state index is 0.236. The van der Waals surface area contributed by atoms with Gasteiger partial charge in [-0.25, -0.2) is 0 Å². The number of hydrogen-bond donors (Lipinski definition) is 1. The Hall–Kier alpha value is -1.32. The van der Waals surface area contributed by atoms with Crippen LogP contribution in [0, 0.1) is 13.8 Å². The van der Waals surface area contributed by atoms with Gasteiger partial charge in [-0.1, -0.05) is 40.9 Å². The molecule has 3 nitrogen and oxygen atoms in total. The second-order valence-electron chi connectivity index (χ2n) is 5.31. The zero-order valence-corrected chi connectivity index (χ0v) is 12.6. The highest BCUT2D eigenvalue weighted by atomic mass is 35.5. The van der Waals surface area contributed by atoms with Crippen LogP contribution in [0.4, 0.5) is 0 Å². The predicted molar refractivity (Wildman–Crippen MR) is 79.6 cm³/mol. The second-order valence-corrected chi connectivity index (χ2v) is 5.72. The van der Waals surface area contributed by atoms with Crippen LogP contribution in [-0.2, 0) is 0 Å². The molecule has 0 fully saturated rings. The average molecular weight is 278 g/mol. The molecule has 102 valence electrons. The normalized spacial score (nSPS) is 13.0. The Bertz CT molecular complexity index is 567. The maximum atomic E-state index is 6.39. The molecule has 1 aromatic carbocycles. The van der Waals surface area contributed by atoms with E-state index in [1.807, 2.05) is 4.68 Å². The van der Waals surface area contributed by atoms with Crippen LogP contribution in [0.5, 0.6) is 0 Å². The molecule has 0 bridgehead atoms. The molecule has 2 aromatic rings. The molecule has 0 saturated heterocycles. The summed E-state index contributed by atoms with van der Waals surface area (Å²) in [5, 5.41) is 4.94. The van der Waals surface area contributed by atoms with Crippen molar-refractivity contribution in [1.82, 2.24) is 9.78 Å². The Morgan fingerprint density at radius 2 is 1.74 bits per heavy atom. The number of rotatable bonds is 3. The maximum Gasteiger partial charge on any atom is 0.0837 e. The molecular weight excluding hydrogens is 258 g/mol. The largest absolute Gasteiger partial charge is 0.319 e. The molecule has 0 spiro atoms. The average Bonchev–Trinajstić information content (AvgIpc) is 2.69. The summed E-state index contributed by atoms with van der Waals surface area (Å²) in [5.74, 6) is 0. The number of nitrogens with zero attached hydrogens (tertiary/aromatic N) is 2. The first kappa shape index (κ1) is 14.1. The number of aryl methyl sites for hydroxylation is 2. The van der Waals surface area contributed by atoms with Crippen molar-refractivity contribution in [2.45, 2.75) is 39.8 Å². The summed E-state index contributed by atoms with van der Waals surface area (Å²) in [5.41, 5.74) is 10.8. The molecule has 1 heterocycles. The van der Waals surface area contributed by atoms with Crippen molar-refractivity contribution in [3.63, 3.8) is 0 Å². The monoisotopic (exact) mass is 277 g/mol. The number of benzene rings is 1. The van der Waals surface area contributed by atoms with Crippen LogP contribution in [-0.4, -0.2) is 9.78 Å². The molecule has 1 unspecified atom stereocenters. The van der Waals surface area contributed by atoms with Crippen molar-refractivity contribution in [2.24, 2.45) is 5.73 Å². The van der Waals surface area contributed by atoms with Gasteiger partial charge in [-0.15, -0.1) is 0 Å². The van der Waals surface area contributed by atoms with Gasteiger partial charge in [0.05, 0.1) is 23.0 Å². The van der Waals surface area contributed by atoms with Crippen LogP contribution in [0.2, 0.25) is 5.02 Å². The van der Waals surface area contributed by atoms with Crippen LogP contribution in [0.1, 0.15) is 48.3 Å². The Morgan fingerprint density at radius 1 is 1.16 bits per heavy atom. The first-order chi connectivity index (χ1) is 8.90. The smallest absolute Gasteiger partial charge is 0.0837 e. The Labute approximate surface area is 119 Å². The van der Waals surface area contributed by atoms with Crippen LogP contribution >= 0.6 is 11.6 Å². The quantitative estimate of drug-likeness (QED) is 0.928. The molecular formula is C15H20ClN3. The van der Waals surface area contributed by atoms with Crippen molar-refractivity contribution in [2.75, 3.05) is 0 Å². The van der Waals surface area contributed by atoms with Crippen LogP contribution < -0.4 is 5.73 Å². The summed E-state index contributed by atoms with van der Waals surface area (Å²) < 4.78 is 1.89. The van der Waals surface area contributed by atoms with Gasteiger partial charge in [0.2, 0.25) is 0 Å². The van der Waals surface area contributed by atoms with Crippen LogP contribution in [0.3, 0.4) is 0 Å². The minimum Gasteiger partial charge on any atom is -0.319 e. The van der Waals surface area contributed by atoms with E-state index in [0.717, 1.165) is 11.3 Å². The molecule has 0 aliphatic heterocycles. The summed E-state index contributed by atoms with van der Waals surface area (Å²) in [4.78, 5) is 0. The van der Waals surface area contributed by atoms with Crippen molar-refractivity contribution < 1.29 is 0 Å². The molecule has 0 saturated carbocycles. The molecule has 1 aromatic heterocycles. The molecule has 0 radical (unpaired) electrons. The van der Waals surface area contributed by atoms with Crippen molar-refractivity contribution in [3.05, 3.63) is 51.8 Å². The summed E-state index contributed by atoms with van der Waals surface area (Å²) in [6.07, 6.45) is 1.67. The lowest BCUT2D eigenvalue weighted by atomic mass is 9.99. The standard InChI is InChI=1S/C15H20ClN3/c1-9(2)19-15(13(16)8-18-19)14(17)12-6-10(3)5-11(4)7-12/h5-9,14H,17H2,1-4H3. The van der Waals surface area contributed by atoms with Gasteiger partial charge in [0.15, 0.2) is 0 Å². The highest BCUT2D eigenvalue weighted by molar-refractivity contribution is 6.31. The zero-order chi connectivity index (χ0) is 14.2. The van der Waals surface area contributed by atoms with E-state index in [-0.39, 0.29) is 12.1 Å². The molecule has 2 rings (SSSR count). The van der Waals surface area contributed by atoms with Gasteiger partial charge < -0.3 is 5.73 Å². The van der Waals surface area contributed by atoms with Gasteiger partial charge in [0.25, 0.3) is 0 Å². The van der Waals surface area contributed by atoms with E-state index in [2.05, 4.69) is 51.0 Å². The molecule has 0 aliphatic rings. The molecule has 0 amide bonds. The Morgan fingerprint density at radius 3 is 2.26 bits per heavy atom. The molecule has 19 heavy (non-hydrogen) atoms. The van der Waals surface area contributed by atoms with E-state index in [1.54, 1.807) is 6.20 Å². The van der Waals surface area contributed by atoms with Crippen molar-refractivity contribution in [3.8, 4) is 0 Å². The summed E-state index contributed by atoms with van der Waals surface area (Å²) in [6.45, 7) is 8.29. The first-order valence-corrected chi connectivity index (χ1v) is 6.84. The van der Waals surface area contributed by atoms with E-state index < -0.39 is 0 Å². The lowest BCUT2D eigenvalue weighted by Gasteiger charge is -2.18. The Kier molecular flexibility index (Phi) is 3.97. The van der Waals surface area contributed by atoms with Gasteiger partial charge in [-0.05, 0) is 33.3 Å². The zero-order valence-electron chi connectivity index (χ0n) is 11.8. The second kappa shape index (κ2) is 5.35. The van der Waals surface area contributed by atoms with Crippen LogP contribution in [0.25, 0.3) is 0 Å². The summed E-state index contributed by atoms with van der Waals surface area (Å²) >= 11 is 6.25. The number of aromatic nitrogens is 2. The fourth-order valence-corrected chi connectivity index (χ4v) is 2.65. The van der Waals surface area contributed by atoms with Gasteiger partial charge >= 0.3 is 0 Å². The minimum atomic E-state index is -0.254. The fraction of sp³-hybridized carbons (Fsp3) is 0.400. The first-order valence-electron chi connectivity index (χ1n) is 6.47. The molecule has 2 N–H and O–H groups in total. The number of nitrogens with two attached hydrogens (primary N) is 1. The van der Waals surface area contributed by atoms with E-state index in [9.17, 15) is 0 Å². The molecule has 4 heteroatoms. The lowest BCUT2D eigenvalue weighted by Crippen LogP contribution is -2.19. The van der Waals surface area contributed by atoms with Gasteiger partial charge in [-0.3, -0.25) is 4.68 Å². The van der Waals surface area contributed by atoms with E-state index in [0.29, 0.717) is 5.02 Å². The third-order valence-corrected chi connectivity index (χ3v) is 3.47. The van der Waals surface area contributed by atoms with E-state index in [4.69, 9.17) is 17.3 Å². The van der Waals surface area contributed by atoms with E-state index >= 15 is 0 Å². The third-order valence-electron chi connectivity index (χ3n) is 3.17. The van der Waals surface area contributed by atoms with Crippen molar-refractivity contribution in [1.29, 1.82) is 0 Å². The Balaban J connectivity index is 2.49.